The predicted molar refractivity (Wildman–Crippen MR) is 74.2 cm³/mol. The number of aromatic nitrogens is 2. The summed E-state index contributed by atoms with van der Waals surface area (Å²) in [6.45, 7) is 0. The molecule has 0 N–H and O–H groups in total. The maximum Gasteiger partial charge on any atom is 0.261 e. The number of carbonyl (C=O) groups is 1. The maximum atomic E-state index is 13.6. The Labute approximate surface area is 125 Å². The average Bonchev–Trinajstić information content (AvgIpc) is 3.09. The number of halogens is 2. The highest BCUT2D eigenvalue weighted by atomic mass is 32.2. The first-order chi connectivity index (χ1) is 10.1. The first-order valence-electron chi connectivity index (χ1n) is 5.67. The van der Waals surface area contributed by atoms with Crippen molar-refractivity contribution in [2.75, 3.05) is 0 Å². The van der Waals surface area contributed by atoms with Gasteiger partial charge in [0.2, 0.25) is 0 Å². The lowest BCUT2D eigenvalue weighted by Gasteiger charge is -1.99. The zero-order chi connectivity index (χ0) is 14.8. The molecule has 21 heavy (non-hydrogen) atoms. The molecule has 0 spiro atoms. The van der Waals surface area contributed by atoms with E-state index in [4.69, 9.17) is 4.42 Å². The number of rotatable bonds is 3. The molecule has 0 unspecified atom stereocenters. The lowest BCUT2D eigenvalue weighted by Crippen LogP contribution is -1.90. The van der Waals surface area contributed by atoms with Gasteiger partial charge >= 0.3 is 0 Å². The third-order valence-electron chi connectivity index (χ3n) is 2.52. The molecule has 2 aromatic heterocycles. The first kappa shape index (κ1) is 13.9. The van der Waals surface area contributed by atoms with Gasteiger partial charge in [-0.1, -0.05) is 11.3 Å². The van der Waals surface area contributed by atoms with E-state index in [0.29, 0.717) is 4.34 Å². The fourth-order valence-corrected chi connectivity index (χ4v) is 2.90. The van der Waals surface area contributed by atoms with Gasteiger partial charge < -0.3 is 4.42 Å². The molecule has 0 atom stereocenters. The van der Waals surface area contributed by atoms with Gasteiger partial charge in [0.15, 0.2) is 10.1 Å². The first-order valence-corrected chi connectivity index (χ1v) is 7.37. The molecular formula is C13H6F2N2O2S2. The number of benzene rings is 1. The van der Waals surface area contributed by atoms with E-state index < -0.39 is 11.6 Å². The summed E-state index contributed by atoms with van der Waals surface area (Å²) in [4.78, 5) is 12.0. The molecule has 0 aliphatic rings. The van der Waals surface area contributed by atoms with Crippen LogP contribution in [0.5, 0.6) is 0 Å². The van der Waals surface area contributed by atoms with E-state index in [0.717, 1.165) is 23.9 Å². The van der Waals surface area contributed by atoms with Gasteiger partial charge in [0.1, 0.15) is 22.9 Å². The normalized spacial score (nSPS) is 10.8. The van der Waals surface area contributed by atoms with Crippen LogP contribution in [0.3, 0.4) is 0 Å². The molecule has 8 heteroatoms. The molecule has 0 aliphatic carbocycles. The van der Waals surface area contributed by atoms with Gasteiger partial charge in [-0.15, -0.1) is 10.2 Å². The monoisotopic (exact) mass is 324 g/mol. The van der Waals surface area contributed by atoms with Crippen LogP contribution in [0, 0.1) is 11.6 Å². The smallest absolute Gasteiger partial charge is 0.261 e. The fourth-order valence-electron chi connectivity index (χ4n) is 1.62. The van der Waals surface area contributed by atoms with Crippen molar-refractivity contribution in [2.24, 2.45) is 0 Å². The molecule has 3 rings (SSSR count). The SMILES string of the molecule is O=C(Sc1nncs1)c1ccc(-c2ccc(F)cc2F)o1. The zero-order valence-corrected chi connectivity index (χ0v) is 11.9. The van der Waals surface area contributed by atoms with Crippen molar-refractivity contribution >= 4 is 28.2 Å². The summed E-state index contributed by atoms with van der Waals surface area (Å²) in [6, 6.07) is 6.04. The van der Waals surface area contributed by atoms with Crippen LogP contribution in [0.25, 0.3) is 11.3 Å². The molecule has 0 saturated heterocycles. The van der Waals surface area contributed by atoms with Crippen molar-refractivity contribution in [3.8, 4) is 11.3 Å². The number of thioether (sulfide) groups is 1. The fraction of sp³-hybridized carbons (Fsp3) is 0. The van der Waals surface area contributed by atoms with Crippen LogP contribution in [-0.2, 0) is 0 Å². The van der Waals surface area contributed by atoms with Gasteiger partial charge in [0, 0.05) is 6.07 Å². The number of hydrogen-bond acceptors (Lipinski definition) is 6. The van der Waals surface area contributed by atoms with Crippen molar-refractivity contribution in [1.82, 2.24) is 10.2 Å². The van der Waals surface area contributed by atoms with Crippen molar-refractivity contribution in [1.29, 1.82) is 0 Å². The lowest BCUT2D eigenvalue weighted by molar-refractivity contribution is 0.106. The molecule has 0 amide bonds. The third-order valence-corrected chi connectivity index (χ3v) is 4.19. The van der Waals surface area contributed by atoms with Gasteiger partial charge in [-0.25, -0.2) is 8.78 Å². The second-order valence-corrected chi connectivity index (χ2v) is 5.94. The number of nitrogens with zero attached hydrogens (tertiary/aromatic N) is 2. The van der Waals surface area contributed by atoms with Crippen LogP contribution in [-0.4, -0.2) is 15.3 Å². The molecule has 1 aromatic carbocycles. The summed E-state index contributed by atoms with van der Waals surface area (Å²) < 4.78 is 32.3. The Kier molecular flexibility index (Phi) is 3.80. The Morgan fingerprint density at radius 3 is 2.81 bits per heavy atom. The van der Waals surface area contributed by atoms with E-state index in [-0.39, 0.29) is 22.2 Å². The van der Waals surface area contributed by atoms with E-state index in [1.165, 1.54) is 35.0 Å². The van der Waals surface area contributed by atoms with Gasteiger partial charge in [-0.05, 0) is 36.0 Å². The van der Waals surface area contributed by atoms with Crippen LogP contribution in [0.2, 0.25) is 0 Å². The van der Waals surface area contributed by atoms with Crippen LogP contribution in [0.15, 0.2) is 44.6 Å². The van der Waals surface area contributed by atoms with Gasteiger partial charge in [0.25, 0.3) is 5.12 Å². The van der Waals surface area contributed by atoms with Crippen molar-refractivity contribution in [2.45, 2.75) is 4.34 Å². The van der Waals surface area contributed by atoms with E-state index >= 15 is 0 Å². The van der Waals surface area contributed by atoms with Crippen LogP contribution in [0.1, 0.15) is 10.6 Å². The Hall–Kier alpha value is -2.06. The van der Waals surface area contributed by atoms with Crippen LogP contribution < -0.4 is 0 Å². The minimum Gasteiger partial charge on any atom is -0.452 e. The standard InChI is InChI=1S/C13H6F2N2O2S2/c14-7-1-2-8(9(15)5-7)10-3-4-11(19-10)12(18)21-13-17-16-6-20-13/h1-6H. The molecule has 2 heterocycles. The minimum atomic E-state index is -0.750. The molecule has 0 bridgehead atoms. The molecule has 0 aliphatic heterocycles. The van der Waals surface area contributed by atoms with Crippen LogP contribution in [0.4, 0.5) is 8.78 Å². The van der Waals surface area contributed by atoms with Crippen molar-refractivity contribution in [3.05, 3.63) is 53.2 Å². The van der Waals surface area contributed by atoms with Crippen LogP contribution >= 0.6 is 23.1 Å². The Bertz CT molecular complexity index is 787. The quantitative estimate of drug-likeness (QED) is 0.681. The largest absolute Gasteiger partial charge is 0.452 e. The number of hydrogen-bond donors (Lipinski definition) is 0. The lowest BCUT2D eigenvalue weighted by atomic mass is 10.1. The van der Waals surface area contributed by atoms with Gasteiger partial charge in [0.05, 0.1) is 5.56 Å². The highest BCUT2D eigenvalue weighted by Gasteiger charge is 2.17. The second-order valence-electron chi connectivity index (χ2n) is 3.88. The van der Waals surface area contributed by atoms with Gasteiger partial charge in [-0.2, -0.15) is 0 Å². The molecule has 4 nitrogen and oxygen atoms in total. The molecule has 0 fully saturated rings. The summed E-state index contributed by atoms with van der Waals surface area (Å²) >= 11 is 2.11. The second kappa shape index (κ2) is 5.74. The van der Waals surface area contributed by atoms with E-state index in [2.05, 4.69) is 10.2 Å². The topological polar surface area (TPSA) is 56.0 Å². The van der Waals surface area contributed by atoms with E-state index in [9.17, 15) is 13.6 Å². The highest BCUT2D eigenvalue weighted by molar-refractivity contribution is 8.15. The highest BCUT2D eigenvalue weighted by Crippen LogP contribution is 2.29. The summed E-state index contributed by atoms with van der Waals surface area (Å²) in [5.41, 5.74) is 1.60. The van der Waals surface area contributed by atoms with E-state index in [1.807, 2.05) is 0 Å². The summed E-state index contributed by atoms with van der Waals surface area (Å²) in [6.07, 6.45) is 0. The van der Waals surface area contributed by atoms with E-state index in [1.54, 1.807) is 0 Å². The van der Waals surface area contributed by atoms with Crippen molar-refractivity contribution < 1.29 is 18.0 Å². The summed E-state index contributed by atoms with van der Waals surface area (Å²) in [5, 5.41) is 7.00. The number of furan rings is 1. The molecule has 106 valence electrons. The van der Waals surface area contributed by atoms with Crippen molar-refractivity contribution in [3.63, 3.8) is 0 Å². The average molecular weight is 324 g/mol. The minimum absolute atomic E-state index is 0.0638. The third kappa shape index (κ3) is 3.01. The predicted octanol–water partition coefficient (Wildman–Crippen LogP) is 4.01. The maximum absolute atomic E-state index is 13.6. The molecule has 3 aromatic rings. The summed E-state index contributed by atoms with van der Waals surface area (Å²) in [7, 11) is 0. The number of carbonyl (C=O) groups excluding carboxylic acids is 1. The summed E-state index contributed by atoms with van der Waals surface area (Å²) in [5.74, 6) is -1.20. The molecule has 0 radical (unpaired) electrons. The Morgan fingerprint density at radius 1 is 1.24 bits per heavy atom. The molecule has 0 saturated carbocycles. The van der Waals surface area contributed by atoms with Gasteiger partial charge in [-0.3, -0.25) is 4.79 Å². The Balaban J connectivity index is 1.84. The molecular weight excluding hydrogens is 318 g/mol. The Morgan fingerprint density at radius 2 is 2.10 bits per heavy atom. The zero-order valence-electron chi connectivity index (χ0n) is 10.2.